The summed E-state index contributed by atoms with van der Waals surface area (Å²) >= 11 is 10.3. The monoisotopic (exact) mass is 313 g/mol. The Kier molecular flexibility index (Phi) is 5.35. The van der Waals surface area contributed by atoms with E-state index in [-0.39, 0.29) is 17.9 Å². The first-order chi connectivity index (χ1) is 9.56. The van der Waals surface area contributed by atoms with Crippen molar-refractivity contribution in [3.05, 3.63) is 28.8 Å². The van der Waals surface area contributed by atoms with Gasteiger partial charge in [-0.1, -0.05) is 30.9 Å². The summed E-state index contributed by atoms with van der Waals surface area (Å²) < 4.78 is 0. The van der Waals surface area contributed by atoms with Crippen LogP contribution in [-0.2, 0) is 0 Å². The Hall–Kier alpha value is -0.710. The molecule has 0 saturated heterocycles. The van der Waals surface area contributed by atoms with Gasteiger partial charge in [-0.3, -0.25) is 4.79 Å². The van der Waals surface area contributed by atoms with Crippen molar-refractivity contribution in [2.75, 3.05) is 13.2 Å². The van der Waals surface area contributed by atoms with Crippen molar-refractivity contribution in [2.24, 2.45) is 5.41 Å². The van der Waals surface area contributed by atoms with Crippen LogP contribution in [-0.4, -0.2) is 24.2 Å². The topological polar surface area (TPSA) is 49.3 Å². The lowest BCUT2D eigenvalue weighted by Crippen LogP contribution is -2.41. The molecule has 3 nitrogen and oxygen atoms in total. The number of hydrogen-bond acceptors (Lipinski definition) is 3. The van der Waals surface area contributed by atoms with Crippen LogP contribution in [0.3, 0.4) is 0 Å². The minimum absolute atomic E-state index is 0.119. The number of carbonyl (C=O) groups is 1. The first-order valence-corrected chi connectivity index (χ1v) is 7.76. The fourth-order valence-electron chi connectivity index (χ4n) is 2.74. The van der Waals surface area contributed by atoms with Crippen LogP contribution >= 0.6 is 24.2 Å². The molecule has 0 bridgehead atoms. The lowest BCUT2D eigenvalue weighted by Gasteiger charge is -2.35. The van der Waals surface area contributed by atoms with E-state index in [1.54, 1.807) is 18.2 Å². The molecule has 0 heterocycles. The van der Waals surface area contributed by atoms with Crippen LogP contribution in [0.4, 0.5) is 0 Å². The number of amides is 1. The van der Waals surface area contributed by atoms with Crippen molar-refractivity contribution >= 4 is 30.1 Å². The van der Waals surface area contributed by atoms with Crippen LogP contribution in [0.1, 0.15) is 42.5 Å². The highest BCUT2D eigenvalue weighted by molar-refractivity contribution is 7.80. The van der Waals surface area contributed by atoms with E-state index in [1.807, 2.05) is 0 Å². The van der Waals surface area contributed by atoms with Crippen LogP contribution in [0, 0.1) is 5.41 Å². The SMILES string of the molecule is O=C(NCC1(CO)CCCCC1)c1cc(S)ccc1Cl. The maximum atomic E-state index is 12.2. The number of carbonyl (C=O) groups excluding carboxylic acids is 1. The molecular formula is C15H20ClNO2S. The summed E-state index contributed by atoms with van der Waals surface area (Å²) in [7, 11) is 0. The van der Waals surface area contributed by atoms with Gasteiger partial charge in [-0.05, 0) is 31.0 Å². The van der Waals surface area contributed by atoms with Crippen LogP contribution in [0.25, 0.3) is 0 Å². The van der Waals surface area contributed by atoms with Gasteiger partial charge in [0.05, 0.1) is 17.2 Å². The highest BCUT2D eigenvalue weighted by Gasteiger charge is 2.31. The highest BCUT2D eigenvalue weighted by Crippen LogP contribution is 2.35. The number of hydrogen-bond donors (Lipinski definition) is 3. The second-order valence-electron chi connectivity index (χ2n) is 5.57. The lowest BCUT2D eigenvalue weighted by molar-refractivity contribution is 0.0718. The second kappa shape index (κ2) is 6.83. The first-order valence-electron chi connectivity index (χ1n) is 6.94. The zero-order valence-corrected chi connectivity index (χ0v) is 13.0. The number of benzene rings is 1. The van der Waals surface area contributed by atoms with Gasteiger partial charge in [0.15, 0.2) is 0 Å². The second-order valence-corrected chi connectivity index (χ2v) is 6.49. The van der Waals surface area contributed by atoms with Gasteiger partial charge in [0.1, 0.15) is 0 Å². The number of aliphatic hydroxyl groups excluding tert-OH is 1. The predicted octanol–water partition coefficient (Wildman–Crippen LogP) is 3.30. The van der Waals surface area contributed by atoms with Crippen LogP contribution in [0.15, 0.2) is 23.1 Å². The van der Waals surface area contributed by atoms with Gasteiger partial charge in [-0.25, -0.2) is 0 Å². The van der Waals surface area contributed by atoms with E-state index in [0.717, 1.165) is 25.7 Å². The molecule has 110 valence electrons. The van der Waals surface area contributed by atoms with E-state index in [1.165, 1.54) is 6.42 Å². The summed E-state index contributed by atoms with van der Waals surface area (Å²) in [5.41, 5.74) is 0.266. The van der Waals surface area contributed by atoms with Gasteiger partial charge in [-0.15, -0.1) is 12.6 Å². The standard InChI is InChI=1S/C15H20ClNO2S/c16-13-5-4-11(20)8-12(13)14(19)17-9-15(10-18)6-2-1-3-7-15/h4-5,8,18,20H,1-3,6-7,9-10H2,(H,17,19). The average molecular weight is 314 g/mol. The van der Waals surface area contributed by atoms with Gasteiger partial charge >= 0.3 is 0 Å². The molecule has 1 fully saturated rings. The molecule has 5 heteroatoms. The molecule has 20 heavy (non-hydrogen) atoms. The third-order valence-electron chi connectivity index (χ3n) is 4.07. The van der Waals surface area contributed by atoms with Crippen molar-refractivity contribution in [1.29, 1.82) is 0 Å². The van der Waals surface area contributed by atoms with E-state index in [2.05, 4.69) is 17.9 Å². The largest absolute Gasteiger partial charge is 0.396 e. The van der Waals surface area contributed by atoms with Gasteiger partial charge < -0.3 is 10.4 Å². The van der Waals surface area contributed by atoms with Crippen molar-refractivity contribution in [2.45, 2.75) is 37.0 Å². The summed E-state index contributed by atoms with van der Waals surface area (Å²) in [6, 6.07) is 5.08. The Morgan fingerprint density at radius 1 is 1.35 bits per heavy atom. The third-order valence-corrected chi connectivity index (χ3v) is 4.68. The summed E-state index contributed by atoms with van der Waals surface area (Å²) in [5, 5.41) is 13.0. The van der Waals surface area contributed by atoms with Gasteiger partial charge in [-0.2, -0.15) is 0 Å². The molecule has 0 aliphatic heterocycles. The summed E-state index contributed by atoms with van der Waals surface area (Å²) in [6.07, 6.45) is 5.37. The Morgan fingerprint density at radius 3 is 2.70 bits per heavy atom. The number of nitrogens with one attached hydrogen (secondary N) is 1. The summed E-state index contributed by atoms with van der Waals surface area (Å²) in [6.45, 7) is 0.614. The number of aliphatic hydroxyl groups is 1. The van der Waals surface area contributed by atoms with Crippen LogP contribution in [0.2, 0.25) is 5.02 Å². The fraction of sp³-hybridized carbons (Fsp3) is 0.533. The Bertz CT molecular complexity index is 487. The maximum Gasteiger partial charge on any atom is 0.252 e. The van der Waals surface area contributed by atoms with Gasteiger partial charge in [0, 0.05) is 16.9 Å². The van der Waals surface area contributed by atoms with Crippen molar-refractivity contribution < 1.29 is 9.90 Å². The maximum absolute atomic E-state index is 12.2. The molecule has 1 aliphatic carbocycles. The van der Waals surface area contributed by atoms with Crippen molar-refractivity contribution in [3.63, 3.8) is 0 Å². The number of thiol groups is 1. The molecule has 1 saturated carbocycles. The minimum Gasteiger partial charge on any atom is -0.396 e. The fourth-order valence-corrected chi connectivity index (χ4v) is 3.15. The first kappa shape index (κ1) is 15.7. The normalized spacial score (nSPS) is 17.8. The van der Waals surface area contributed by atoms with Crippen LogP contribution < -0.4 is 5.32 Å². The van der Waals surface area contributed by atoms with E-state index in [0.29, 0.717) is 22.0 Å². The Morgan fingerprint density at radius 2 is 2.05 bits per heavy atom. The van der Waals surface area contributed by atoms with Crippen molar-refractivity contribution in [3.8, 4) is 0 Å². The molecule has 0 atom stereocenters. The smallest absolute Gasteiger partial charge is 0.252 e. The molecule has 0 unspecified atom stereocenters. The third kappa shape index (κ3) is 3.68. The molecule has 1 aliphatic rings. The molecule has 1 aromatic carbocycles. The number of rotatable bonds is 4. The average Bonchev–Trinajstić information content (AvgIpc) is 2.48. The van der Waals surface area contributed by atoms with E-state index < -0.39 is 0 Å². The summed E-state index contributed by atoms with van der Waals surface area (Å²) in [4.78, 5) is 12.9. The predicted molar refractivity (Wildman–Crippen MR) is 83.6 cm³/mol. The van der Waals surface area contributed by atoms with Gasteiger partial charge in [0.2, 0.25) is 0 Å². The number of halogens is 1. The highest BCUT2D eigenvalue weighted by atomic mass is 35.5. The van der Waals surface area contributed by atoms with Crippen LogP contribution in [0.5, 0.6) is 0 Å². The molecule has 1 amide bonds. The minimum atomic E-state index is -0.204. The Labute approximate surface area is 130 Å². The van der Waals surface area contributed by atoms with E-state index >= 15 is 0 Å². The summed E-state index contributed by atoms with van der Waals surface area (Å²) in [5.74, 6) is -0.204. The van der Waals surface area contributed by atoms with Gasteiger partial charge in [0.25, 0.3) is 5.91 Å². The molecule has 2 N–H and O–H groups in total. The zero-order valence-electron chi connectivity index (χ0n) is 11.4. The zero-order chi connectivity index (χ0) is 14.6. The molecule has 2 rings (SSSR count). The quantitative estimate of drug-likeness (QED) is 0.747. The molecular weight excluding hydrogens is 294 g/mol. The van der Waals surface area contributed by atoms with Crippen molar-refractivity contribution in [1.82, 2.24) is 5.32 Å². The molecule has 0 radical (unpaired) electrons. The van der Waals surface area contributed by atoms with E-state index in [4.69, 9.17) is 11.6 Å². The molecule has 0 aromatic heterocycles. The molecule has 1 aromatic rings. The molecule has 0 spiro atoms. The lowest BCUT2D eigenvalue weighted by atomic mass is 9.74. The van der Waals surface area contributed by atoms with E-state index in [9.17, 15) is 9.90 Å². The Balaban J connectivity index is 2.02.